The first-order valence-electron chi connectivity index (χ1n) is 13.0. The van der Waals surface area contributed by atoms with Gasteiger partial charge in [-0.15, -0.1) is 0 Å². The fourth-order valence-corrected chi connectivity index (χ4v) is 5.58. The normalized spacial score (nSPS) is 17.4. The van der Waals surface area contributed by atoms with Crippen LogP contribution in [0.15, 0.2) is 76.8 Å². The number of aryl methyl sites for hydroxylation is 1. The van der Waals surface area contributed by atoms with E-state index in [4.69, 9.17) is 16.0 Å². The Morgan fingerprint density at radius 2 is 1.85 bits per heavy atom. The van der Waals surface area contributed by atoms with Gasteiger partial charge in [0.15, 0.2) is 12.2 Å². The van der Waals surface area contributed by atoms with Crippen LogP contribution in [0.5, 0.6) is 0 Å². The van der Waals surface area contributed by atoms with Gasteiger partial charge in [-0.3, -0.25) is 23.9 Å². The largest absolute Gasteiger partial charge is 0.443 e. The molecule has 4 heterocycles. The summed E-state index contributed by atoms with van der Waals surface area (Å²) in [5.74, 6) is 0.765. The molecule has 0 unspecified atom stereocenters. The molecular formula is C29H27ClN6O3. The van der Waals surface area contributed by atoms with E-state index in [1.54, 1.807) is 42.3 Å². The van der Waals surface area contributed by atoms with Crippen LogP contribution in [0.2, 0.25) is 5.02 Å². The minimum Gasteiger partial charge on any atom is -0.443 e. The first-order valence-corrected chi connectivity index (χ1v) is 13.3. The highest BCUT2D eigenvalue weighted by Crippen LogP contribution is 2.28. The lowest BCUT2D eigenvalue weighted by atomic mass is 9.85. The highest BCUT2D eigenvalue weighted by atomic mass is 35.5. The third-order valence-electron chi connectivity index (χ3n) is 7.46. The number of rotatable bonds is 6. The molecule has 1 amide bonds. The number of hydrogen-bond acceptors (Lipinski definition) is 6. The number of benzene rings is 1. The third-order valence-corrected chi connectivity index (χ3v) is 7.66. The van der Waals surface area contributed by atoms with Crippen molar-refractivity contribution in [3.8, 4) is 17.0 Å². The smallest absolute Gasteiger partial charge is 0.333 e. The Morgan fingerprint density at radius 3 is 2.62 bits per heavy atom. The van der Waals surface area contributed by atoms with E-state index in [0.717, 1.165) is 42.3 Å². The van der Waals surface area contributed by atoms with E-state index in [9.17, 15) is 9.59 Å². The number of carbonyl (C=O) groups is 1. The lowest BCUT2D eigenvalue weighted by molar-refractivity contribution is 0.0919. The van der Waals surface area contributed by atoms with Crippen molar-refractivity contribution in [2.45, 2.75) is 45.2 Å². The summed E-state index contributed by atoms with van der Waals surface area (Å²) >= 11 is 6.04. The summed E-state index contributed by atoms with van der Waals surface area (Å²) in [6.45, 7) is 2.41. The number of halogens is 1. The highest BCUT2D eigenvalue weighted by Gasteiger charge is 2.26. The first kappa shape index (κ1) is 25.1. The van der Waals surface area contributed by atoms with Crippen LogP contribution in [-0.4, -0.2) is 36.0 Å². The summed E-state index contributed by atoms with van der Waals surface area (Å²) in [7, 11) is 0. The van der Waals surface area contributed by atoms with Gasteiger partial charge in [0.05, 0.1) is 45.4 Å². The van der Waals surface area contributed by atoms with E-state index in [-0.39, 0.29) is 17.6 Å². The van der Waals surface area contributed by atoms with Gasteiger partial charge in [0, 0.05) is 30.5 Å². The summed E-state index contributed by atoms with van der Waals surface area (Å²) in [4.78, 5) is 39.1. The zero-order valence-corrected chi connectivity index (χ0v) is 22.1. The molecule has 0 aliphatic heterocycles. The predicted octanol–water partition coefficient (Wildman–Crippen LogP) is 5.19. The number of oxazole rings is 1. The fraction of sp³-hybridized carbons (Fsp3) is 0.276. The van der Waals surface area contributed by atoms with Crippen molar-refractivity contribution in [1.82, 2.24) is 29.4 Å². The van der Waals surface area contributed by atoms with Crippen LogP contribution in [0, 0.1) is 12.8 Å². The predicted molar refractivity (Wildman–Crippen MR) is 148 cm³/mol. The number of nitrogens with zero attached hydrogens (tertiary/aromatic N) is 5. The van der Waals surface area contributed by atoms with Gasteiger partial charge in [-0.05, 0) is 62.8 Å². The molecule has 1 N–H and O–H groups in total. The standard InChI is InChI=1S/C29H27ClN6O3/c1-18-24(11-21(30)13-33-18)28(37)34-22-8-6-19(7-9-22)16-35-25-4-2-3-5-26(25)36(29(35)38)23-10-20(12-31-14-23)27-15-32-17-39-27/h2-5,10-15,17,19,22H,6-9,16H2,1H3,(H,34,37)/t19-,22-. The molecule has 0 bridgehead atoms. The Morgan fingerprint density at radius 1 is 1.05 bits per heavy atom. The summed E-state index contributed by atoms with van der Waals surface area (Å²) in [6, 6.07) is 11.4. The van der Waals surface area contributed by atoms with E-state index >= 15 is 0 Å². The molecular weight excluding hydrogens is 516 g/mol. The number of aromatic nitrogens is 5. The van der Waals surface area contributed by atoms with Crippen LogP contribution < -0.4 is 11.0 Å². The van der Waals surface area contributed by atoms with Gasteiger partial charge in [0.25, 0.3) is 5.91 Å². The number of nitrogens with one attached hydrogen (secondary N) is 1. The lowest BCUT2D eigenvalue weighted by Crippen LogP contribution is -2.39. The molecule has 0 radical (unpaired) electrons. The minimum atomic E-state index is -0.147. The number of amides is 1. The molecule has 4 aromatic heterocycles. The van der Waals surface area contributed by atoms with Crippen LogP contribution in [0.25, 0.3) is 28.0 Å². The Balaban J connectivity index is 1.20. The van der Waals surface area contributed by atoms with Gasteiger partial charge in [0.1, 0.15) is 0 Å². The molecule has 1 aliphatic rings. The second kappa shape index (κ2) is 10.5. The van der Waals surface area contributed by atoms with Crippen molar-refractivity contribution in [3.05, 3.63) is 94.3 Å². The van der Waals surface area contributed by atoms with Crippen molar-refractivity contribution >= 4 is 28.5 Å². The van der Waals surface area contributed by atoms with Crippen molar-refractivity contribution in [1.29, 1.82) is 0 Å². The van der Waals surface area contributed by atoms with E-state index in [1.165, 1.54) is 6.39 Å². The number of hydrogen-bond donors (Lipinski definition) is 1. The van der Waals surface area contributed by atoms with Crippen molar-refractivity contribution in [3.63, 3.8) is 0 Å². The van der Waals surface area contributed by atoms with Gasteiger partial charge >= 0.3 is 5.69 Å². The lowest BCUT2D eigenvalue weighted by Gasteiger charge is -2.29. The second-order valence-corrected chi connectivity index (χ2v) is 10.4. The summed E-state index contributed by atoms with van der Waals surface area (Å²) in [6.07, 6.45) is 11.4. The Bertz CT molecular complexity index is 1700. The zero-order valence-electron chi connectivity index (χ0n) is 21.4. The van der Waals surface area contributed by atoms with Gasteiger partial charge in [0.2, 0.25) is 0 Å². The zero-order chi connectivity index (χ0) is 26.9. The Labute approximate surface area is 229 Å². The maximum Gasteiger partial charge on any atom is 0.333 e. The monoisotopic (exact) mass is 542 g/mol. The van der Waals surface area contributed by atoms with Crippen LogP contribution >= 0.6 is 11.6 Å². The molecule has 10 heteroatoms. The van der Waals surface area contributed by atoms with E-state index in [0.29, 0.717) is 40.2 Å². The van der Waals surface area contributed by atoms with Crippen LogP contribution in [-0.2, 0) is 6.54 Å². The molecule has 1 aromatic carbocycles. The molecule has 5 aromatic rings. The summed E-state index contributed by atoms with van der Waals surface area (Å²) in [5, 5.41) is 3.59. The number of para-hydroxylation sites is 2. The Hall–Kier alpha value is -4.24. The third kappa shape index (κ3) is 4.97. The summed E-state index contributed by atoms with van der Waals surface area (Å²) < 4.78 is 8.99. The maximum atomic E-state index is 13.8. The molecule has 0 spiro atoms. The van der Waals surface area contributed by atoms with Crippen molar-refractivity contribution in [2.24, 2.45) is 5.92 Å². The van der Waals surface area contributed by atoms with E-state index < -0.39 is 0 Å². The molecule has 198 valence electrons. The molecule has 1 fully saturated rings. The molecule has 1 aliphatic carbocycles. The molecule has 39 heavy (non-hydrogen) atoms. The number of imidazole rings is 1. The Kier molecular flexibility index (Phi) is 6.74. The average Bonchev–Trinajstić information content (AvgIpc) is 3.58. The highest BCUT2D eigenvalue weighted by molar-refractivity contribution is 6.30. The van der Waals surface area contributed by atoms with Gasteiger partial charge < -0.3 is 9.73 Å². The molecule has 6 rings (SSSR count). The second-order valence-electron chi connectivity index (χ2n) is 9.99. The number of fused-ring (bicyclic) bond motifs is 1. The SMILES string of the molecule is Cc1ncc(Cl)cc1C(=O)N[C@H]1CC[C@H](Cn2c(=O)n(-c3cncc(-c4cnco4)c3)c3ccccc32)CC1. The van der Waals surface area contributed by atoms with Gasteiger partial charge in [-0.2, -0.15) is 0 Å². The van der Waals surface area contributed by atoms with E-state index in [2.05, 4.69) is 20.3 Å². The van der Waals surface area contributed by atoms with Gasteiger partial charge in [-0.1, -0.05) is 23.7 Å². The fourth-order valence-electron chi connectivity index (χ4n) is 5.43. The minimum absolute atomic E-state index is 0.0788. The van der Waals surface area contributed by atoms with Crippen molar-refractivity contribution < 1.29 is 9.21 Å². The number of pyridine rings is 2. The topological polar surface area (TPSA) is 108 Å². The molecule has 9 nitrogen and oxygen atoms in total. The average molecular weight is 543 g/mol. The first-order chi connectivity index (χ1) is 19.0. The maximum absolute atomic E-state index is 13.8. The van der Waals surface area contributed by atoms with Crippen molar-refractivity contribution in [2.75, 3.05) is 0 Å². The van der Waals surface area contributed by atoms with Crippen LogP contribution in [0.3, 0.4) is 0 Å². The van der Waals surface area contributed by atoms with E-state index in [1.807, 2.05) is 34.9 Å². The van der Waals surface area contributed by atoms with Crippen LogP contribution in [0.1, 0.15) is 41.7 Å². The molecule has 0 atom stereocenters. The van der Waals surface area contributed by atoms with Crippen LogP contribution in [0.4, 0.5) is 0 Å². The van der Waals surface area contributed by atoms with Gasteiger partial charge in [-0.25, -0.2) is 9.78 Å². The number of carbonyl (C=O) groups excluding carboxylic acids is 1. The quantitative estimate of drug-likeness (QED) is 0.316. The summed E-state index contributed by atoms with van der Waals surface area (Å²) in [5.41, 5.74) is 4.18. The molecule has 1 saturated carbocycles. The molecule has 0 saturated heterocycles.